The van der Waals surface area contributed by atoms with Crippen LogP contribution in [0, 0.1) is 6.92 Å². The second-order valence-corrected chi connectivity index (χ2v) is 4.91. The summed E-state index contributed by atoms with van der Waals surface area (Å²) in [6.45, 7) is 2.76. The quantitative estimate of drug-likeness (QED) is 0.794. The van der Waals surface area contributed by atoms with Crippen molar-refractivity contribution in [2.75, 3.05) is 7.05 Å². The summed E-state index contributed by atoms with van der Waals surface area (Å²) in [6, 6.07) is 13.8. The molecule has 0 amide bonds. The molecule has 4 heteroatoms. The van der Waals surface area contributed by atoms with Gasteiger partial charge in [-0.25, -0.2) is 4.98 Å². The molecule has 0 aliphatic rings. The van der Waals surface area contributed by atoms with Crippen molar-refractivity contribution >= 4 is 10.9 Å². The predicted molar refractivity (Wildman–Crippen MR) is 83.6 cm³/mol. The maximum absolute atomic E-state index is 5.98. The van der Waals surface area contributed by atoms with E-state index in [0.29, 0.717) is 5.88 Å². The smallest absolute Gasteiger partial charge is 0.219 e. The van der Waals surface area contributed by atoms with E-state index in [2.05, 4.69) is 15.3 Å². The number of hydrogen-bond donors (Lipinski definition) is 1. The highest BCUT2D eigenvalue weighted by atomic mass is 16.5. The zero-order valence-corrected chi connectivity index (χ0v) is 12.1. The van der Waals surface area contributed by atoms with Crippen molar-refractivity contribution in [2.45, 2.75) is 13.5 Å². The molecule has 1 N–H and O–H groups in total. The number of pyridine rings is 2. The second kappa shape index (κ2) is 5.89. The van der Waals surface area contributed by atoms with Crippen molar-refractivity contribution in [3.63, 3.8) is 0 Å². The zero-order chi connectivity index (χ0) is 14.7. The normalized spacial score (nSPS) is 10.8. The summed E-state index contributed by atoms with van der Waals surface area (Å²) in [5.41, 5.74) is 3.01. The molecule has 0 saturated carbocycles. The van der Waals surface area contributed by atoms with E-state index in [-0.39, 0.29) is 0 Å². The van der Waals surface area contributed by atoms with Gasteiger partial charge in [-0.15, -0.1) is 0 Å². The fourth-order valence-corrected chi connectivity index (χ4v) is 2.34. The van der Waals surface area contributed by atoms with Crippen molar-refractivity contribution in [2.24, 2.45) is 0 Å². The molecule has 2 aromatic heterocycles. The highest BCUT2D eigenvalue weighted by molar-refractivity contribution is 5.85. The largest absolute Gasteiger partial charge is 0.438 e. The number of fused-ring (bicyclic) bond motifs is 1. The van der Waals surface area contributed by atoms with E-state index in [0.717, 1.165) is 34.5 Å². The number of aryl methyl sites for hydroxylation is 1. The van der Waals surface area contributed by atoms with Crippen LogP contribution in [0.1, 0.15) is 11.3 Å². The maximum Gasteiger partial charge on any atom is 0.219 e. The molecule has 0 aliphatic carbocycles. The van der Waals surface area contributed by atoms with Crippen LogP contribution in [-0.4, -0.2) is 17.0 Å². The number of benzene rings is 1. The van der Waals surface area contributed by atoms with Crippen LogP contribution in [0.2, 0.25) is 0 Å². The minimum atomic E-state index is 0.608. The third-order valence-corrected chi connectivity index (χ3v) is 3.19. The summed E-state index contributed by atoms with van der Waals surface area (Å²) in [6.07, 6.45) is 1.78. The maximum atomic E-state index is 5.98. The molecular weight excluding hydrogens is 262 g/mol. The first-order valence-corrected chi connectivity index (χ1v) is 6.90. The highest BCUT2D eigenvalue weighted by Crippen LogP contribution is 2.28. The molecule has 0 fully saturated rings. The van der Waals surface area contributed by atoms with Crippen LogP contribution in [0.25, 0.3) is 10.9 Å². The Morgan fingerprint density at radius 3 is 2.90 bits per heavy atom. The lowest BCUT2D eigenvalue weighted by Gasteiger charge is -2.10. The molecule has 0 aliphatic heterocycles. The van der Waals surface area contributed by atoms with E-state index in [1.54, 1.807) is 6.20 Å². The molecule has 0 unspecified atom stereocenters. The lowest BCUT2D eigenvalue weighted by Crippen LogP contribution is -2.06. The van der Waals surface area contributed by atoms with E-state index in [9.17, 15) is 0 Å². The molecule has 0 bridgehead atoms. The van der Waals surface area contributed by atoms with Crippen LogP contribution in [0.4, 0.5) is 0 Å². The van der Waals surface area contributed by atoms with Gasteiger partial charge in [0, 0.05) is 29.9 Å². The standard InChI is InChI=1S/C17H17N3O/c1-12-9-13(11-18-2)10-17(20-12)21-16-7-3-6-15-14(16)5-4-8-19-15/h3-10,18H,11H2,1-2H3. The fraction of sp³-hybridized carbons (Fsp3) is 0.176. The number of nitrogens with zero attached hydrogens (tertiary/aromatic N) is 2. The summed E-state index contributed by atoms with van der Waals surface area (Å²) in [5.74, 6) is 1.38. The van der Waals surface area contributed by atoms with Crippen LogP contribution in [0.3, 0.4) is 0 Å². The summed E-state index contributed by atoms with van der Waals surface area (Å²) >= 11 is 0. The van der Waals surface area contributed by atoms with Gasteiger partial charge in [0.1, 0.15) is 5.75 Å². The minimum absolute atomic E-state index is 0.608. The van der Waals surface area contributed by atoms with Gasteiger partial charge in [0.25, 0.3) is 0 Å². The minimum Gasteiger partial charge on any atom is -0.438 e. The highest BCUT2D eigenvalue weighted by Gasteiger charge is 2.06. The van der Waals surface area contributed by atoms with Gasteiger partial charge in [-0.05, 0) is 49.9 Å². The van der Waals surface area contributed by atoms with Gasteiger partial charge in [0.05, 0.1) is 5.52 Å². The third-order valence-electron chi connectivity index (χ3n) is 3.19. The molecule has 3 rings (SSSR count). The molecule has 2 heterocycles. The summed E-state index contributed by atoms with van der Waals surface area (Å²) < 4.78 is 5.98. The third kappa shape index (κ3) is 3.01. The van der Waals surface area contributed by atoms with Gasteiger partial charge >= 0.3 is 0 Å². The van der Waals surface area contributed by atoms with E-state index in [4.69, 9.17) is 4.74 Å². The SMILES string of the molecule is CNCc1cc(C)nc(Oc2cccc3ncccc23)c1. The molecule has 4 nitrogen and oxygen atoms in total. The Hall–Kier alpha value is -2.46. The van der Waals surface area contributed by atoms with Crippen molar-refractivity contribution in [1.82, 2.24) is 15.3 Å². The van der Waals surface area contributed by atoms with Crippen molar-refractivity contribution in [3.8, 4) is 11.6 Å². The van der Waals surface area contributed by atoms with Crippen molar-refractivity contribution < 1.29 is 4.74 Å². The topological polar surface area (TPSA) is 47.0 Å². The summed E-state index contributed by atoms with van der Waals surface area (Å²) in [4.78, 5) is 8.79. The Morgan fingerprint density at radius 2 is 2.05 bits per heavy atom. The first-order chi connectivity index (χ1) is 10.3. The van der Waals surface area contributed by atoms with Crippen molar-refractivity contribution in [1.29, 1.82) is 0 Å². The molecule has 1 aromatic carbocycles. The number of rotatable bonds is 4. The van der Waals surface area contributed by atoms with Gasteiger partial charge < -0.3 is 10.1 Å². The number of aromatic nitrogens is 2. The lowest BCUT2D eigenvalue weighted by molar-refractivity contribution is 0.465. The Morgan fingerprint density at radius 1 is 1.14 bits per heavy atom. The Bertz CT molecular complexity index is 766. The van der Waals surface area contributed by atoms with Gasteiger partial charge in [-0.2, -0.15) is 0 Å². The van der Waals surface area contributed by atoms with Gasteiger partial charge in [0.15, 0.2) is 0 Å². The Balaban J connectivity index is 1.98. The number of hydrogen-bond acceptors (Lipinski definition) is 4. The van der Waals surface area contributed by atoms with Crippen LogP contribution in [0.15, 0.2) is 48.7 Å². The molecule has 0 spiro atoms. The first kappa shape index (κ1) is 13.5. The van der Waals surface area contributed by atoms with Crippen LogP contribution < -0.4 is 10.1 Å². The van der Waals surface area contributed by atoms with Gasteiger partial charge in [-0.3, -0.25) is 4.98 Å². The molecule has 21 heavy (non-hydrogen) atoms. The molecule has 0 saturated heterocycles. The van der Waals surface area contributed by atoms with E-state index in [1.807, 2.05) is 56.4 Å². The van der Waals surface area contributed by atoms with E-state index >= 15 is 0 Å². The average molecular weight is 279 g/mol. The van der Waals surface area contributed by atoms with E-state index in [1.165, 1.54) is 0 Å². The van der Waals surface area contributed by atoms with Crippen LogP contribution >= 0.6 is 0 Å². The predicted octanol–water partition coefficient (Wildman–Crippen LogP) is 3.45. The summed E-state index contributed by atoms with van der Waals surface area (Å²) in [5, 5.41) is 4.12. The molecule has 0 atom stereocenters. The average Bonchev–Trinajstić information content (AvgIpc) is 2.47. The van der Waals surface area contributed by atoms with E-state index < -0.39 is 0 Å². The van der Waals surface area contributed by atoms with Crippen LogP contribution in [-0.2, 0) is 6.54 Å². The molecule has 0 radical (unpaired) electrons. The monoisotopic (exact) mass is 279 g/mol. The lowest BCUT2D eigenvalue weighted by atomic mass is 10.2. The number of nitrogens with one attached hydrogen (secondary N) is 1. The van der Waals surface area contributed by atoms with Crippen molar-refractivity contribution in [3.05, 3.63) is 59.9 Å². The first-order valence-electron chi connectivity index (χ1n) is 6.90. The Kier molecular flexibility index (Phi) is 3.79. The zero-order valence-electron chi connectivity index (χ0n) is 12.1. The summed E-state index contributed by atoms with van der Waals surface area (Å²) in [7, 11) is 1.92. The van der Waals surface area contributed by atoms with Gasteiger partial charge in [0.2, 0.25) is 5.88 Å². The fourth-order valence-electron chi connectivity index (χ4n) is 2.34. The van der Waals surface area contributed by atoms with Crippen LogP contribution in [0.5, 0.6) is 11.6 Å². The second-order valence-electron chi connectivity index (χ2n) is 4.91. The van der Waals surface area contributed by atoms with Gasteiger partial charge in [-0.1, -0.05) is 6.07 Å². The molecular formula is C17H17N3O. The number of ether oxygens (including phenoxy) is 1. The molecule has 3 aromatic rings. The molecule has 106 valence electrons. The Labute approximate surface area is 123 Å².